The molecule has 1 fully saturated rings. The molecule has 0 aliphatic carbocycles. The van der Waals surface area contributed by atoms with Crippen LogP contribution in [0, 0.1) is 0 Å². The van der Waals surface area contributed by atoms with Gasteiger partial charge >= 0.3 is 12.4 Å². The predicted octanol–water partition coefficient (Wildman–Crippen LogP) is 7.33. The van der Waals surface area contributed by atoms with E-state index in [4.69, 9.17) is 4.84 Å². The van der Waals surface area contributed by atoms with Gasteiger partial charge in [-0.2, -0.15) is 30.6 Å². The number of sulfonamides is 1. The summed E-state index contributed by atoms with van der Waals surface area (Å²) in [6, 6.07) is 17.1. The summed E-state index contributed by atoms with van der Waals surface area (Å²) in [4.78, 5) is 6.05. The number of hydrogen-bond donors (Lipinski definition) is 1. The van der Waals surface area contributed by atoms with E-state index in [0.717, 1.165) is 28.3 Å². The Bertz CT molecular complexity index is 1850. The van der Waals surface area contributed by atoms with Crippen molar-refractivity contribution in [1.82, 2.24) is 9.21 Å². The SMILES string of the molecule is CO/N=C(\CN(C)S(=O)(=O)c1cc(C(F)(F)F)cc(C(F)(F)F)c1)[C@H](CCN1CCC(O)(c2ccccc2)C1)c1csc2ccccc12. The highest BCUT2D eigenvalue weighted by Gasteiger charge is 2.40. The van der Waals surface area contributed by atoms with Crippen LogP contribution in [0.2, 0.25) is 0 Å². The third-order valence-electron chi connectivity index (χ3n) is 8.52. The Morgan fingerprint density at radius 1 is 1.02 bits per heavy atom. The van der Waals surface area contributed by atoms with Gasteiger partial charge in [0.25, 0.3) is 0 Å². The summed E-state index contributed by atoms with van der Waals surface area (Å²) in [6.07, 6.45) is -9.55. The first kappa shape index (κ1) is 35.8. The molecule has 1 unspecified atom stereocenters. The number of hydrogen-bond acceptors (Lipinski definition) is 7. The number of rotatable bonds is 11. The van der Waals surface area contributed by atoms with Gasteiger partial charge in [0.1, 0.15) is 12.7 Å². The second kappa shape index (κ2) is 13.8. The lowest BCUT2D eigenvalue weighted by molar-refractivity contribution is -0.143. The summed E-state index contributed by atoms with van der Waals surface area (Å²) in [6.45, 7) is 0.920. The van der Waals surface area contributed by atoms with Crippen molar-refractivity contribution in [3.8, 4) is 0 Å². The number of β-amino-alcohol motifs (C(OH)–C–C–N with tert-alkyl or cyclic N) is 1. The standard InChI is InChI=1S/C33H33F6N3O4S2/c1-41(48(44,45)25-17-23(32(34,35)36)16-24(18-25)33(37,38)39)19-29(40-46-2)26(28-20-47-30-11-7-6-10-27(28)30)12-14-42-15-13-31(43,21-42)22-8-4-3-5-9-22/h3-11,16-18,20,26,43H,12-15,19,21H2,1-2H3/b40-29+/t26-,31?/m1/s1. The molecule has 15 heteroatoms. The highest BCUT2D eigenvalue weighted by Crippen LogP contribution is 2.39. The molecule has 3 aromatic carbocycles. The van der Waals surface area contributed by atoms with Gasteiger partial charge < -0.3 is 9.94 Å². The fraction of sp³-hybridized carbons (Fsp3) is 0.364. The number of thiophene rings is 1. The smallest absolute Gasteiger partial charge is 0.399 e. The zero-order valence-corrected chi connectivity index (χ0v) is 27.6. The molecule has 1 aromatic heterocycles. The molecule has 5 rings (SSSR count). The molecule has 1 saturated heterocycles. The largest absolute Gasteiger partial charge is 0.416 e. The minimum Gasteiger partial charge on any atom is -0.399 e. The van der Waals surface area contributed by atoms with E-state index < -0.39 is 56.5 Å². The molecule has 2 atom stereocenters. The van der Waals surface area contributed by atoms with Crippen molar-refractivity contribution in [2.75, 3.05) is 40.3 Å². The van der Waals surface area contributed by atoms with E-state index >= 15 is 0 Å². The van der Waals surface area contributed by atoms with E-state index in [1.165, 1.54) is 18.4 Å². The van der Waals surface area contributed by atoms with Gasteiger partial charge in [0, 0.05) is 30.8 Å². The highest BCUT2D eigenvalue weighted by molar-refractivity contribution is 7.89. The maximum absolute atomic E-state index is 13.6. The van der Waals surface area contributed by atoms with Crippen LogP contribution in [0.4, 0.5) is 26.3 Å². The Hall–Kier alpha value is -3.50. The minimum absolute atomic E-state index is 0.119. The van der Waals surface area contributed by atoms with Gasteiger partial charge in [-0.3, -0.25) is 4.90 Å². The average molecular weight is 714 g/mol. The van der Waals surface area contributed by atoms with Crippen LogP contribution in [0.1, 0.15) is 41.0 Å². The van der Waals surface area contributed by atoms with E-state index in [9.17, 15) is 39.9 Å². The Balaban J connectivity index is 1.46. The van der Waals surface area contributed by atoms with Crippen molar-refractivity contribution in [2.24, 2.45) is 5.16 Å². The quantitative estimate of drug-likeness (QED) is 0.100. The van der Waals surface area contributed by atoms with Gasteiger partial charge in [0.15, 0.2) is 0 Å². The molecule has 0 spiro atoms. The Morgan fingerprint density at radius 2 is 1.65 bits per heavy atom. The van der Waals surface area contributed by atoms with E-state index in [2.05, 4.69) is 10.1 Å². The molecule has 0 amide bonds. The first-order chi connectivity index (χ1) is 22.5. The molecule has 258 valence electrons. The van der Waals surface area contributed by atoms with E-state index in [1.807, 2.05) is 60.0 Å². The van der Waals surface area contributed by atoms with Crippen LogP contribution in [0.15, 0.2) is 88.2 Å². The molecule has 0 saturated carbocycles. The number of likely N-dealkylation sites (tertiary alicyclic amines) is 1. The highest BCUT2D eigenvalue weighted by atomic mass is 32.2. The molecule has 1 N–H and O–H groups in total. The van der Waals surface area contributed by atoms with Crippen LogP contribution in [-0.2, 0) is 32.8 Å². The lowest BCUT2D eigenvalue weighted by atomic mass is 9.90. The van der Waals surface area contributed by atoms with Gasteiger partial charge in [-0.25, -0.2) is 8.42 Å². The van der Waals surface area contributed by atoms with E-state index in [0.29, 0.717) is 36.8 Å². The summed E-state index contributed by atoms with van der Waals surface area (Å²) in [5, 5.41) is 18.3. The van der Waals surface area contributed by atoms with Crippen LogP contribution in [0.25, 0.3) is 10.1 Å². The summed E-state index contributed by atoms with van der Waals surface area (Å²) < 4.78 is 110. The van der Waals surface area contributed by atoms with Crippen molar-refractivity contribution >= 4 is 37.2 Å². The third-order valence-corrected chi connectivity index (χ3v) is 11.3. The van der Waals surface area contributed by atoms with E-state index in [-0.39, 0.29) is 23.9 Å². The molecule has 7 nitrogen and oxygen atoms in total. The number of aliphatic hydroxyl groups is 1. The fourth-order valence-electron chi connectivity index (χ4n) is 6.02. The van der Waals surface area contributed by atoms with Crippen molar-refractivity contribution in [2.45, 2.75) is 41.6 Å². The molecular weight excluding hydrogens is 681 g/mol. The molecule has 1 aliphatic rings. The van der Waals surface area contributed by atoms with Crippen LogP contribution >= 0.6 is 11.3 Å². The second-order valence-electron chi connectivity index (χ2n) is 11.7. The number of oxime groups is 1. The van der Waals surface area contributed by atoms with Gasteiger partial charge in [-0.15, -0.1) is 11.3 Å². The molecular formula is C33H33F6N3O4S2. The zero-order valence-electron chi connectivity index (χ0n) is 25.9. The minimum atomic E-state index is -5.22. The van der Waals surface area contributed by atoms with Crippen molar-refractivity contribution in [3.05, 3.63) is 100 Å². The zero-order chi connectivity index (χ0) is 34.9. The van der Waals surface area contributed by atoms with Crippen LogP contribution in [0.5, 0.6) is 0 Å². The first-order valence-corrected chi connectivity index (χ1v) is 17.2. The Morgan fingerprint density at radius 3 is 2.27 bits per heavy atom. The van der Waals surface area contributed by atoms with Crippen molar-refractivity contribution in [1.29, 1.82) is 0 Å². The predicted molar refractivity (Wildman–Crippen MR) is 171 cm³/mol. The molecule has 1 aliphatic heterocycles. The number of fused-ring (bicyclic) bond motifs is 1. The van der Waals surface area contributed by atoms with E-state index in [1.54, 1.807) is 0 Å². The first-order valence-electron chi connectivity index (χ1n) is 14.8. The monoisotopic (exact) mass is 713 g/mol. The topological polar surface area (TPSA) is 82.4 Å². The Labute approximate surface area is 278 Å². The van der Waals surface area contributed by atoms with Crippen LogP contribution in [0.3, 0.4) is 0 Å². The van der Waals surface area contributed by atoms with Crippen LogP contribution < -0.4 is 0 Å². The normalized spacial score (nSPS) is 18.9. The molecule has 2 heterocycles. The maximum Gasteiger partial charge on any atom is 0.416 e. The molecule has 0 radical (unpaired) electrons. The number of nitrogens with zero attached hydrogens (tertiary/aromatic N) is 3. The van der Waals surface area contributed by atoms with Crippen molar-refractivity contribution < 1.29 is 44.7 Å². The summed E-state index contributed by atoms with van der Waals surface area (Å²) >= 11 is 1.47. The lowest BCUT2D eigenvalue weighted by Gasteiger charge is -2.27. The number of halogens is 6. The third kappa shape index (κ3) is 7.70. The Kier molecular flexibility index (Phi) is 10.3. The molecule has 48 heavy (non-hydrogen) atoms. The average Bonchev–Trinajstić information content (AvgIpc) is 3.65. The van der Waals surface area contributed by atoms with Gasteiger partial charge in [-0.1, -0.05) is 53.7 Å². The summed E-state index contributed by atoms with van der Waals surface area (Å²) in [5.41, 5.74) is -2.72. The number of alkyl halides is 6. The van der Waals surface area contributed by atoms with Gasteiger partial charge in [0.05, 0.1) is 28.3 Å². The van der Waals surface area contributed by atoms with Crippen molar-refractivity contribution in [3.63, 3.8) is 0 Å². The maximum atomic E-state index is 13.6. The summed E-state index contributed by atoms with van der Waals surface area (Å²) in [7, 11) is -2.55. The molecule has 0 bridgehead atoms. The second-order valence-corrected chi connectivity index (χ2v) is 14.7. The lowest BCUT2D eigenvalue weighted by Crippen LogP contribution is -2.36. The summed E-state index contributed by atoms with van der Waals surface area (Å²) in [5.74, 6) is -0.559. The molecule has 4 aromatic rings. The van der Waals surface area contributed by atoms with Crippen LogP contribution in [-0.4, -0.2) is 68.8 Å². The van der Waals surface area contributed by atoms with Gasteiger partial charge in [0.2, 0.25) is 10.0 Å². The van der Waals surface area contributed by atoms with Gasteiger partial charge in [-0.05, 0) is 65.5 Å². The number of benzene rings is 3. The fourth-order valence-corrected chi connectivity index (χ4v) is 8.24.